The van der Waals surface area contributed by atoms with Crippen molar-refractivity contribution in [3.8, 4) is 17.2 Å². The van der Waals surface area contributed by atoms with Crippen LogP contribution >= 0.6 is 15.9 Å². The van der Waals surface area contributed by atoms with E-state index >= 15 is 0 Å². The van der Waals surface area contributed by atoms with Crippen molar-refractivity contribution in [1.82, 2.24) is 5.43 Å². The van der Waals surface area contributed by atoms with E-state index in [2.05, 4.69) is 68.0 Å². The van der Waals surface area contributed by atoms with Crippen molar-refractivity contribution in [1.29, 1.82) is 0 Å². The van der Waals surface area contributed by atoms with Crippen LogP contribution in [0.5, 0.6) is 17.2 Å². The lowest BCUT2D eigenvalue weighted by molar-refractivity contribution is -0.121. The zero-order valence-electron chi connectivity index (χ0n) is 23.9. The van der Waals surface area contributed by atoms with E-state index in [1.165, 1.54) is 0 Å². The van der Waals surface area contributed by atoms with Gasteiger partial charge in [-0.1, -0.05) is 84.0 Å². The van der Waals surface area contributed by atoms with Crippen molar-refractivity contribution >= 4 is 28.1 Å². The molecule has 0 spiro atoms. The molecular weight excluding hydrogens is 556 g/mol. The summed E-state index contributed by atoms with van der Waals surface area (Å²) in [6, 6.07) is 17.6. The van der Waals surface area contributed by atoms with Gasteiger partial charge in [0.25, 0.3) is 0 Å². The number of phenols is 1. The van der Waals surface area contributed by atoms with E-state index in [9.17, 15) is 9.90 Å². The Morgan fingerprint density at radius 2 is 1.59 bits per heavy atom. The Kier molecular flexibility index (Phi) is 9.83. The van der Waals surface area contributed by atoms with Gasteiger partial charge in [-0.3, -0.25) is 4.79 Å². The molecule has 0 aliphatic carbocycles. The fraction of sp³-hybridized carbons (Fsp3) is 0.375. The minimum absolute atomic E-state index is 0.192. The van der Waals surface area contributed by atoms with E-state index in [-0.39, 0.29) is 23.2 Å². The molecule has 0 aromatic heterocycles. The molecular formula is C32H39BrN2O4. The Balaban J connectivity index is 1.65. The summed E-state index contributed by atoms with van der Waals surface area (Å²) >= 11 is 3.56. The standard InChI is InChI=1S/C32H39BrN2O4/c1-31(2,3)24-15-22(16-25(29(24)37)32(4,5)6)13-14-28(36)35-34-19-23-17-26(33)30(27(18-23)38-7)39-20-21-11-9-8-10-12-21/h8-12,15-19,37H,13-14,20H2,1-7H3,(H,35,36)/b34-19-. The first-order valence-electron chi connectivity index (χ1n) is 13.0. The van der Waals surface area contributed by atoms with Gasteiger partial charge in [-0.15, -0.1) is 0 Å². The van der Waals surface area contributed by atoms with Crippen molar-refractivity contribution in [2.75, 3.05) is 7.11 Å². The van der Waals surface area contributed by atoms with Gasteiger partial charge >= 0.3 is 0 Å². The number of halogens is 1. The number of phenolic OH excluding ortho intramolecular Hbond substituents is 1. The number of ether oxygens (including phenoxy) is 2. The number of hydrazone groups is 1. The highest BCUT2D eigenvalue weighted by Gasteiger charge is 2.26. The molecule has 0 aliphatic heterocycles. The van der Waals surface area contributed by atoms with E-state index in [4.69, 9.17) is 9.47 Å². The van der Waals surface area contributed by atoms with Crippen LogP contribution in [0.4, 0.5) is 0 Å². The second-order valence-corrected chi connectivity index (χ2v) is 12.5. The van der Waals surface area contributed by atoms with Gasteiger partial charge in [-0.25, -0.2) is 5.43 Å². The van der Waals surface area contributed by atoms with Crippen LogP contribution < -0.4 is 14.9 Å². The Morgan fingerprint density at radius 3 is 2.15 bits per heavy atom. The highest BCUT2D eigenvalue weighted by Crippen LogP contribution is 2.40. The minimum Gasteiger partial charge on any atom is -0.507 e. The number of nitrogens with one attached hydrogen (secondary N) is 1. The molecule has 39 heavy (non-hydrogen) atoms. The highest BCUT2D eigenvalue weighted by atomic mass is 79.9. The Bertz CT molecular complexity index is 1290. The number of carbonyl (C=O) groups excluding carboxylic acids is 1. The third-order valence-electron chi connectivity index (χ3n) is 6.31. The maximum absolute atomic E-state index is 12.6. The molecule has 0 saturated heterocycles. The summed E-state index contributed by atoms with van der Waals surface area (Å²) in [4.78, 5) is 12.6. The monoisotopic (exact) mass is 594 g/mol. The maximum atomic E-state index is 12.6. The molecule has 0 aliphatic rings. The van der Waals surface area contributed by atoms with Gasteiger partial charge in [0.05, 0.1) is 17.8 Å². The van der Waals surface area contributed by atoms with E-state index < -0.39 is 0 Å². The van der Waals surface area contributed by atoms with Crippen LogP contribution in [-0.2, 0) is 28.7 Å². The van der Waals surface area contributed by atoms with Crippen LogP contribution in [0, 0.1) is 0 Å². The smallest absolute Gasteiger partial charge is 0.240 e. The van der Waals surface area contributed by atoms with Gasteiger partial charge in [0.15, 0.2) is 11.5 Å². The van der Waals surface area contributed by atoms with Gasteiger partial charge in [0.1, 0.15) is 12.4 Å². The zero-order valence-corrected chi connectivity index (χ0v) is 25.5. The number of aromatic hydroxyl groups is 1. The Hall–Kier alpha value is -3.32. The molecule has 0 saturated carbocycles. The third-order valence-corrected chi connectivity index (χ3v) is 6.90. The molecule has 3 aromatic rings. The predicted molar refractivity (Wildman–Crippen MR) is 161 cm³/mol. The molecule has 0 atom stereocenters. The van der Waals surface area contributed by atoms with Crippen LogP contribution in [0.1, 0.15) is 75.8 Å². The maximum Gasteiger partial charge on any atom is 0.240 e. The molecule has 0 heterocycles. The van der Waals surface area contributed by atoms with Gasteiger partial charge in [-0.05, 0) is 73.1 Å². The van der Waals surface area contributed by atoms with E-state index in [0.717, 1.165) is 32.3 Å². The molecule has 2 N–H and O–H groups in total. The number of nitrogens with zero attached hydrogens (tertiary/aromatic N) is 1. The Labute approximate surface area is 240 Å². The molecule has 0 radical (unpaired) electrons. The molecule has 0 bridgehead atoms. The number of carbonyl (C=O) groups is 1. The van der Waals surface area contributed by atoms with Crippen LogP contribution in [0.3, 0.4) is 0 Å². The first-order valence-corrected chi connectivity index (χ1v) is 13.8. The van der Waals surface area contributed by atoms with Gasteiger partial charge < -0.3 is 14.6 Å². The van der Waals surface area contributed by atoms with Crippen LogP contribution in [0.2, 0.25) is 0 Å². The largest absolute Gasteiger partial charge is 0.507 e. The average molecular weight is 596 g/mol. The normalized spacial score (nSPS) is 12.0. The number of benzene rings is 3. The minimum atomic E-state index is -0.218. The quantitative estimate of drug-likeness (QED) is 0.199. The lowest BCUT2D eigenvalue weighted by Gasteiger charge is -2.28. The predicted octanol–water partition coefficient (Wildman–Crippen LogP) is 7.42. The summed E-state index contributed by atoms with van der Waals surface area (Å²) in [7, 11) is 1.58. The summed E-state index contributed by atoms with van der Waals surface area (Å²) in [5, 5.41) is 15.1. The SMILES string of the molecule is COc1cc(/C=N\NC(=O)CCc2cc(C(C)(C)C)c(O)c(C(C)(C)C)c2)cc(Br)c1OCc1ccccc1. The van der Waals surface area contributed by atoms with Crippen molar-refractivity contribution in [3.05, 3.63) is 86.9 Å². The van der Waals surface area contributed by atoms with Gasteiger partial charge in [-0.2, -0.15) is 5.10 Å². The fourth-order valence-corrected chi connectivity index (χ4v) is 4.73. The molecule has 0 unspecified atom stereocenters. The van der Waals surface area contributed by atoms with Gasteiger partial charge in [0, 0.05) is 6.42 Å². The lowest BCUT2D eigenvalue weighted by Crippen LogP contribution is -2.20. The zero-order chi connectivity index (χ0) is 28.8. The van der Waals surface area contributed by atoms with Crippen LogP contribution in [0.15, 0.2) is 64.2 Å². The van der Waals surface area contributed by atoms with E-state index in [0.29, 0.717) is 30.3 Å². The molecule has 6 nitrogen and oxygen atoms in total. The lowest BCUT2D eigenvalue weighted by atomic mass is 9.78. The number of aryl methyl sites for hydroxylation is 1. The number of methoxy groups -OCH3 is 1. The Morgan fingerprint density at radius 1 is 0.974 bits per heavy atom. The number of amides is 1. The van der Waals surface area contributed by atoms with Crippen molar-refractivity contribution in [2.45, 2.75) is 71.8 Å². The summed E-state index contributed by atoms with van der Waals surface area (Å²) in [6.45, 7) is 12.9. The van der Waals surface area contributed by atoms with Gasteiger partial charge in [0.2, 0.25) is 5.91 Å². The average Bonchev–Trinajstić information content (AvgIpc) is 2.86. The van der Waals surface area contributed by atoms with Crippen molar-refractivity contribution in [3.63, 3.8) is 0 Å². The van der Waals surface area contributed by atoms with Crippen LogP contribution in [-0.4, -0.2) is 24.3 Å². The molecule has 3 aromatic carbocycles. The van der Waals surface area contributed by atoms with Crippen LogP contribution in [0.25, 0.3) is 0 Å². The first-order chi connectivity index (χ1) is 18.3. The number of hydrogen-bond donors (Lipinski definition) is 2. The first kappa shape index (κ1) is 30.2. The molecule has 7 heteroatoms. The summed E-state index contributed by atoms with van der Waals surface area (Å²) in [6.07, 6.45) is 2.39. The molecule has 208 valence electrons. The van der Waals surface area contributed by atoms with Crippen molar-refractivity contribution < 1.29 is 19.4 Å². The number of rotatable bonds is 9. The van der Waals surface area contributed by atoms with E-state index in [1.807, 2.05) is 48.5 Å². The summed E-state index contributed by atoms with van der Waals surface area (Å²) < 4.78 is 12.2. The van der Waals surface area contributed by atoms with E-state index in [1.54, 1.807) is 19.4 Å². The topological polar surface area (TPSA) is 80.2 Å². The number of hydrogen-bond acceptors (Lipinski definition) is 5. The van der Waals surface area contributed by atoms with Crippen molar-refractivity contribution in [2.24, 2.45) is 5.10 Å². The summed E-state index contributed by atoms with van der Waals surface area (Å²) in [5.74, 6) is 1.30. The highest BCUT2D eigenvalue weighted by molar-refractivity contribution is 9.10. The second kappa shape index (κ2) is 12.7. The summed E-state index contributed by atoms with van der Waals surface area (Å²) in [5.41, 5.74) is 6.77. The molecule has 0 fully saturated rings. The third kappa shape index (κ3) is 8.33. The molecule has 3 rings (SSSR count). The second-order valence-electron chi connectivity index (χ2n) is 11.6. The fourth-order valence-electron chi connectivity index (χ4n) is 4.16. The molecule has 1 amide bonds.